The molecule has 0 unspecified atom stereocenters. The van der Waals surface area contributed by atoms with Gasteiger partial charge in [0, 0.05) is 20.1 Å². The highest BCUT2D eigenvalue weighted by Crippen LogP contribution is 2.28. The van der Waals surface area contributed by atoms with Crippen LogP contribution < -0.4 is 11.1 Å². The van der Waals surface area contributed by atoms with Crippen molar-refractivity contribution in [2.24, 2.45) is 0 Å². The second-order valence-corrected chi connectivity index (χ2v) is 6.04. The summed E-state index contributed by atoms with van der Waals surface area (Å²) in [6.07, 6.45) is 7.18. The maximum atomic E-state index is 12.5. The van der Waals surface area contributed by atoms with Crippen LogP contribution in [0.5, 0.6) is 0 Å². The Morgan fingerprint density at radius 1 is 1.37 bits per heavy atom. The quantitative estimate of drug-likeness (QED) is 0.836. The van der Waals surface area contributed by atoms with Crippen molar-refractivity contribution in [3.63, 3.8) is 0 Å². The summed E-state index contributed by atoms with van der Waals surface area (Å²) in [6, 6.07) is 0.342. The maximum Gasteiger partial charge on any atom is 0.267 e. The van der Waals surface area contributed by atoms with Crippen molar-refractivity contribution in [1.29, 1.82) is 0 Å². The van der Waals surface area contributed by atoms with Crippen LogP contribution in [0, 0.1) is 0 Å². The van der Waals surface area contributed by atoms with E-state index >= 15 is 0 Å². The highest BCUT2D eigenvalue weighted by atomic mass is 32.1. The zero-order valence-electron chi connectivity index (χ0n) is 11.6. The molecule has 0 radical (unpaired) electrons. The number of amides is 1. The Hall–Kier alpha value is -1.30. The van der Waals surface area contributed by atoms with Crippen molar-refractivity contribution >= 4 is 28.2 Å². The number of nitrogens with one attached hydrogen (secondary N) is 1. The molecule has 1 aliphatic carbocycles. The van der Waals surface area contributed by atoms with E-state index in [1.807, 2.05) is 11.9 Å². The van der Waals surface area contributed by atoms with Gasteiger partial charge in [-0.3, -0.25) is 4.79 Å². The highest BCUT2D eigenvalue weighted by molar-refractivity contribution is 7.18. The maximum absolute atomic E-state index is 12.5. The van der Waals surface area contributed by atoms with Crippen LogP contribution >= 0.6 is 11.3 Å². The number of thiazole rings is 1. The molecule has 1 aromatic heterocycles. The van der Waals surface area contributed by atoms with Gasteiger partial charge in [0.25, 0.3) is 5.91 Å². The second-order valence-electron chi connectivity index (χ2n) is 5.04. The fourth-order valence-corrected chi connectivity index (χ4v) is 3.38. The first kappa shape index (κ1) is 14.1. The lowest BCUT2D eigenvalue weighted by atomic mass is 10.1. The first-order chi connectivity index (χ1) is 9.13. The largest absolute Gasteiger partial charge is 0.382 e. The minimum atomic E-state index is 0.00315. The Labute approximate surface area is 118 Å². The van der Waals surface area contributed by atoms with E-state index in [0.29, 0.717) is 21.9 Å². The minimum absolute atomic E-state index is 0.00315. The molecule has 1 saturated carbocycles. The van der Waals surface area contributed by atoms with Crippen molar-refractivity contribution < 1.29 is 4.79 Å². The van der Waals surface area contributed by atoms with Gasteiger partial charge in [-0.1, -0.05) is 37.0 Å². The molecular weight excluding hydrogens is 260 g/mol. The molecule has 0 atom stereocenters. The van der Waals surface area contributed by atoms with Gasteiger partial charge in [-0.15, -0.1) is 0 Å². The van der Waals surface area contributed by atoms with Crippen molar-refractivity contribution in [3.8, 4) is 0 Å². The predicted molar refractivity (Wildman–Crippen MR) is 79.7 cm³/mol. The molecule has 1 fully saturated rings. The molecule has 1 aliphatic rings. The monoisotopic (exact) mass is 282 g/mol. The summed E-state index contributed by atoms with van der Waals surface area (Å²) >= 11 is 1.33. The first-order valence-corrected chi connectivity index (χ1v) is 7.66. The fraction of sp³-hybridized carbons (Fsp3) is 0.692. The number of hydrogen-bond acceptors (Lipinski definition) is 5. The highest BCUT2D eigenvalue weighted by Gasteiger charge is 2.25. The SMILES string of the molecule is CNc1nc(N)c(C(=O)N(C)C2CCCCCC2)s1. The summed E-state index contributed by atoms with van der Waals surface area (Å²) in [5.74, 6) is 0.336. The van der Waals surface area contributed by atoms with E-state index in [1.54, 1.807) is 7.05 Å². The number of nitrogens with two attached hydrogens (primary N) is 1. The summed E-state index contributed by atoms with van der Waals surface area (Å²) in [6.45, 7) is 0. The minimum Gasteiger partial charge on any atom is -0.382 e. The zero-order chi connectivity index (χ0) is 13.8. The van der Waals surface area contributed by atoms with E-state index in [2.05, 4.69) is 10.3 Å². The number of anilines is 2. The van der Waals surface area contributed by atoms with Crippen LogP contribution in [0.25, 0.3) is 0 Å². The summed E-state index contributed by atoms with van der Waals surface area (Å²) in [7, 11) is 3.66. The molecule has 0 bridgehead atoms. The Morgan fingerprint density at radius 3 is 2.53 bits per heavy atom. The number of rotatable bonds is 3. The van der Waals surface area contributed by atoms with E-state index < -0.39 is 0 Å². The van der Waals surface area contributed by atoms with Crippen molar-refractivity contribution in [3.05, 3.63) is 4.88 Å². The number of carbonyl (C=O) groups excluding carboxylic acids is 1. The predicted octanol–water partition coefficient (Wildman–Crippen LogP) is 2.56. The molecule has 3 N–H and O–H groups in total. The lowest BCUT2D eigenvalue weighted by molar-refractivity contribution is 0.0723. The Balaban J connectivity index is 2.10. The lowest BCUT2D eigenvalue weighted by Gasteiger charge is -2.26. The van der Waals surface area contributed by atoms with Crippen molar-refractivity contribution in [1.82, 2.24) is 9.88 Å². The molecule has 0 aromatic carbocycles. The molecule has 106 valence electrons. The molecule has 2 rings (SSSR count). The molecule has 0 saturated heterocycles. The third-order valence-corrected chi connectivity index (χ3v) is 4.83. The number of nitrogen functional groups attached to an aromatic ring is 1. The second kappa shape index (κ2) is 6.23. The van der Waals surface area contributed by atoms with Gasteiger partial charge in [0.1, 0.15) is 10.7 Å². The molecule has 0 aliphatic heterocycles. The van der Waals surface area contributed by atoms with Gasteiger partial charge in [-0.2, -0.15) is 0 Å². The average molecular weight is 282 g/mol. The molecule has 6 heteroatoms. The van der Waals surface area contributed by atoms with Gasteiger partial charge in [0.05, 0.1) is 0 Å². The van der Waals surface area contributed by atoms with E-state index in [1.165, 1.54) is 37.0 Å². The van der Waals surface area contributed by atoms with Crippen LogP contribution in [0.4, 0.5) is 10.9 Å². The van der Waals surface area contributed by atoms with Crippen LogP contribution in [-0.4, -0.2) is 35.9 Å². The first-order valence-electron chi connectivity index (χ1n) is 6.84. The Kier molecular flexibility index (Phi) is 4.63. The van der Waals surface area contributed by atoms with Crippen LogP contribution in [0.1, 0.15) is 48.2 Å². The lowest BCUT2D eigenvalue weighted by Crippen LogP contribution is -2.36. The topological polar surface area (TPSA) is 71.2 Å². The van der Waals surface area contributed by atoms with E-state index in [4.69, 9.17) is 5.73 Å². The summed E-state index contributed by atoms with van der Waals surface area (Å²) in [5.41, 5.74) is 5.83. The standard InChI is InChI=1S/C13H22N4OS/c1-15-13-16-11(14)10(19-13)12(18)17(2)9-7-5-3-4-6-8-9/h9H,3-8,14H2,1-2H3,(H,15,16). The van der Waals surface area contributed by atoms with Crippen LogP contribution in [-0.2, 0) is 0 Å². The average Bonchev–Trinajstić information content (AvgIpc) is 2.64. The normalized spacial score (nSPS) is 16.9. The summed E-state index contributed by atoms with van der Waals surface area (Å²) < 4.78 is 0. The van der Waals surface area contributed by atoms with E-state index in [0.717, 1.165) is 12.8 Å². The van der Waals surface area contributed by atoms with Gasteiger partial charge in [0.15, 0.2) is 5.13 Å². The van der Waals surface area contributed by atoms with Crippen LogP contribution in [0.3, 0.4) is 0 Å². The van der Waals surface area contributed by atoms with E-state index in [9.17, 15) is 4.79 Å². The molecule has 0 spiro atoms. The summed E-state index contributed by atoms with van der Waals surface area (Å²) in [4.78, 5) is 19.0. The molecular formula is C13H22N4OS. The third-order valence-electron chi connectivity index (χ3n) is 3.75. The molecule has 19 heavy (non-hydrogen) atoms. The van der Waals surface area contributed by atoms with Crippen LogP contribution in [0.15, 0.2) is 0 Å². The Bertz CT molecular complexity index is 438. The van der Waals surface area contributed by atoms with Crippen LogP contribution in [0.2, 0.25) is 0 Å². The van der Waals surface area contributed by atoms with Gasteiger partial charge in [-0.25, -0.2) is 4.98 Å². The molecule has 5 nitrogen and oxygen atoms in total. The van der Waals surface area contributed by atoms with Gasteiger partial charge < -0.3 is 16.0 Å². The summed E-state index contributed by atoms with van der Waals surface area (Å²) in [5, 5.41) is 3.62. The molecule has 1 heterocycles. The van der Waals surface area contributed by atoms with Crippen molar-refractivity contribution in [2.75, 3.05) is 25.1 Å². The smallest absolute Gasteiger partial charge is 0.267 e. The zero-order valence-corrected chi connectivity index (χ0v) is 12.4. The van der Waals surface area contributed by atoms with Gasteiger partial charge in [0.2, 0.25) is 0 Å². The number of aromatic nitrogens is 1. The number of hydrogen-bond donors (Lipinski definition) is 2. The fourth-order valence-electron chi connectivity index (χ4n) is 2.56. The third kappa shape index (κ3) is 3.18. The van der Waals surface area contributed by atoms with Gasteiger partial charge in [-0.05, 0) is 12.8 Å². The van der Waals surface area contributed by atoms with Crippen molar-refractivity contribution in [2.45, 2.75) is 44.6 Å². The number of nitrogens with zero attached hydrogens (tertiary/aromatic N) is 2. The van der Waals surface area contributed by atoms with Gasteiger partial charge >= 0.3 is 0 Å². The van der Waals surface area contributed by atoms with E-state index in [-0.39, 0.29) is 5.91 Å². The molecule has 1 aromatic rings. The molecule has 1 amide bonds. The Morgan fingerprint density at radius 2 is 2.00 bits per heavy atom. The number of carbonyl (C=O) groups is 1.